The molecule has 4 rings (SSSR count). The first kappa shape index (κ1) is 20.3. The minimum absolute atomic E-state index is 0.0212. The summed E-state index contributed by atoms with van der Waals surface area (Å²) in [5.41, 5.74) is 3.88. The Balaban J connectivity index is 0.00000117. The van der Waals surface area contributed by atoms with E-state index in [0.29, 0.717) is 12.2 Å². The third kappa shape index (κ3) is 4.21. The summed E-state index contributed by atoms with van der Waals surface area (Å²) in [6.45, 7) is 4.00. The van der Waals surface area contributed by atoms with Crippen LogP contribution in [-0.4, -0.2) is 28.8 Å². The van der Waals surface area contributed by atoms with Crippen molar-refractivity contribution in [1.82, 2.24) is 14.7 Å². The first-order chi connectivity index (χ1) is 14.1. The fourth-order valence-corrected chi connectivity index (χ4v) is 3.41. The Morgan fingerprint density at radius 1 is 1.10 bits per heavy atom. The van der Waals surface area contributed by atoms with Gasteiger partial charge in [0, 0.05) is 37.0 Å². The zero-order valence-electron chi connectivity index (χ0n) is 17.2. The van der Waals surface area contributed by atoms with Gasteiger partial charge in [-0.1, -0.05) is 61.5 Å². The van der Waals surface area contributed by atoms with Gasteiger partial charge in [0.2, 0.25) is 12.2 Å². The van der Waals surface area contributed by atoms with Gasteiger partial charge in [0.05, 0.1) is 11.7 Å². The highest BCUT2D eigenvalue weighted by molar-refractivity contribution is 5.77. The van der Waals surface area contributed by atoms with E-state index in [1.54, 1.807) is 6.07 Å². The molecule has 150 valence electrons. The minimum Gasteiger partial charge on any atom is -0.377 e. The summed E-state index contributed by atoms with van der Waals surface area (Å²) in [5.74, 6) is 0.559. The van der Waals surface area contributed by atoms with Crippen LogP contribution in [0.5, 0.6) is 0 Å². The Hall–Kier alpha value is -3.41. The van der Waals surface area contributed by atoms with Crippen LogP contribution >= 0.6 is 0 Å². The summed E-state index contributed by atoms with van der Waals surface area (Å²) in [4.78, 5) is 18.9. The molecule has 2 heterocycles. The molecule has 3 aromatic rings. The van der Waals surface area contributed by atoms with Gasteiger partial charge in [-0.05, 0) is 18.6 Å². The molecular weight excluding hydrogens is 364 g/mol. The summed E-state index contributed by atoms with van der Waals surface area (Å²) in [5, 5.41) is 3.87. The molecule has 1 aliphatic carbocycles. The quantitative estimate of drug-likeness (QED) is 0.653. The van der Waals surface area contributed by atoms with Crippen molar-refractivity contribution in [2.75, 3.05) is 19.0 Å². The minimum atomic E-state index is -0.0698. The van der Waals surface area contributed by atoms with Crippen molar-refractivity contribution < 1.29 is 4.52 Å². The normalized spacial score (nSPS) is 15.3. The standard InChI is InChI=1S/C21H20N4O2.C2H6/c1-24(2)18-7-4-3-6-17(18)19-8-5-9-20(26)25(19)16-12-10-15(11-13-16)21-22-14-27-23-21;1-2/h3-12,14,16H,13H2,1-2H3;1-2H3. The largest absolute Gasteiger partial charge is 0.377 e. The summed E-state index contributed by atoms with van der Waals surface area (Å²) in [6.07, 6.45) is 8.00. The number of benzene rings is 1. The molecule has 0 bridgehead atoms. The lowest BCUT2D eigenvalue weighted by Gasteiger charge is -2.24. The zero-order valence-corrected chi connectivity index (χ0v) is 17.2. The second-order valence-corrected chi connectivity index (χ2v) is 6.61. The number of para-hydroxylation sites is 1. The molecule has 2 aromatic heterocycles. The van der Waals surface area contributed by atoms with Crippen molar-refractivity contribution in [2.45, 2.75) is 26.3 Å². The lowest BCUT2D eigenvalue weighted by Crippen LogP contribution is -2.25. The molecule has 6 nitrogen and oxygen atoms in total. The van der Waals surface area contributed by atoms with Crippen LogP contribution in [0, 0.1) is 0 Å². The summed E-state index contributed by atoms with van der Waals surface area (Å²) >= 11 is 0. The van der Waals surface area contributed by atoms with Crippen LogP contribution in [0.3, 0.4) is 0 Å². The van der Waals surface area contributed by atoms with E-state index in [4.69, 9.17) is 4.52 Å². The van der Waals surface area contributed by atoms with Gasteiger partial charge in [-0.15, -0.1) is 0 Å². The third-order valence-electron chi connectivity index (χ3n) is 4.68. The maximum Gasteiger partial charge on any atom is 0.251 e. The number of rotatable bonds is 4. The van der Waals surface area contributed by atoms with Gasteiger partial charge in [0.1, 0.15) is 0 Å². The molecule has 1 unspecified atom stereocenters. The van der Waals surface area contributed by atoms with Gasteiger partial charge in [0.15, 0.2) is 0 Å². The summed E-state index contributed by atoms with van der Waals surface area (Å²) in [7, 11) is 4.01. The van der Waals surface area contributed by atoms with Crippen LogP contribution in [0.1, 0.15) is 32.1 Å². The molecule has 0 radical (unpaired) electrons. The molecule has 6 heteroatoms. The fourth-order valence-electron chi connectivity index (χ4n) is 3.41. The van der Waals surface area contributed by atoms with E-state index in [1.807, 2.05) is 81.1 Å². The van der Waals surface area contributed by atoms with Gasteiger partial charge >= 0.3 is 0 Å². The molecule has 1 aromatic carbocycles. The fraction of sp³-hybridized carbons (Fsp3) is 0.261. The molecule has 1 atom stereocenters. The number of hydrogen-bond acceptors (Lipinski definition) is 5. The lowest BCUT2D eigenvalue weighted by molar-refractivity contribution is 0.415. The van der Waals surface area contributed by atoms with Crippen molar-refractivity contribution in [2.24, 2.45) is 0 Å². The Labute approximate surface area is 170 Å². The smallest absolute Gasteiger partial charge is 0.251 e. The maximum atomic E-state index is 12.8. The molecule has 0 amide bonds. The Morgan fingerprint density at radius 3 is 2.55 bits per heavy atom. The topological polar surface area (TPSA) is 64.2 Å². The van der Waals surface area contributed by atoms with Gasteiger partial charge < -0.3 is 14.0 Å². The molecule has 0 aliphatic heterocycles. The van der Waals surface area contributed by atoms with Crippen LogP contribution in [-0.2, 0) is 0 Å². The van der Waals surface area contributed by atoms with E-state index in [1.165, 1.54) is 6.39 Å². The third-order valence-corrected chi connectivity index (χ3v) is 4.68. The van der Waals surface area contributed by atoms with E-state index in [2.05, 4.69) is 21.1 Å². The highest BCUT2D eigenvalue weighted by atomic mass is 16.5. The molecule has 0 spiro atoms. The van der Waals surface area contributed by atoms with Crippen molar-refractivity contribution in [3.8, 4) is 11.3 Å². The van der Waals surface area contributed by atoms with Crippen LogP contribution in [0.25, 0.3) is 16.8 Å². The number of pyridine rings is 1. The Kier molecular flexibility index (Phi) is 6.44. The first-order valence-electron chi connectivity index (χ1n) is 9.78. The summed E-state index contributed by atoms with van der Waals surface area (Å²) < 4.78 is 6.66. The second-order valence-electron chi connectivity index (χ2n) is 6.61. The number of nitrogens with zero attached hydrogens (tertiary/aromatic N) is 4. The second kappa shape index (κ2) is 9.19. The van der Waals surface area contributed by atoms with Crippen LogP contribution < -0.4 is 10.5 Å². The molecular formula is C23H26N4O2. The average Bonchev–Trinajstić information content (AvgIpc) is 3.30. The number of aromatic nitrogens is 3. The molecule has 0 saturated carbocycles. The average molecular weight is 390 g/mol. The predicted molar refractivity (Wildman–Crippen MR) is 117 cm³/mol. The van der Waals surface area contributed by atoms with E-state index in [-0.39, 0.29) is 11.6 Å². The van der Waals surface area contributed by atoms with E-state index in [9.17, 15) is 4.79 Å². The van der Waals surface area contributed by atoms with Gasteiger partial charge in [-0.25, -0.2) is 0 Å². The van der Waals surface area contributed by atoms with E-state index in [0.717, 1.165) is 22.5 Å². The Morgan fingerprint density at radius 2 is 1.90 bits per heavy atom. The van der Waals surface area contributed by atoms with E-state index >= 15 is 0 Å². The van der Waals surface area contributed by atoms with Crippen molar-refractivity contribution in [1.29, 1.82) is 0 Å². The number of anilines is 1. The van der Waals surface area contributed by atoms with Gasteiger partial charge in [0.25, 0.3) is 5.56 Å². The highest BCUT2D eigenvalue weighted by Crippen LogP contribution is 2.33. The van der Waals surface area contributed by atoms with Crippen LogP contribution in [0.15, 0.2) is 76.4 Å². The summed E-state index contributed by atoms with van der Waals surface area (Å²) in [6, 6.07) is 13.5. The maximum absolute atomic E-state index is 12.8. The SMILES string of the molecule is CC.CN(C)c1ccccc1-c1cccc(=O)n1C1C=CC(c2ncon2)=CC1. The predicted octanol–water partition coefficient (Wildman–Crippen LogP) is 4.58. The van der Waals surface area contributed by atoms with Crippen LogP contribution in [0.2, 0.25) is 0 Å². The van der Waals surface area contributed by atoms with Crippen molar-refractivity contribution in [3.05, 3.63) is 83.3 Å². The van der Waals surface area contributed by atoms with Crippen molar-refractivity contribution >= 4 is 11.3 Å². The molecule has 0 N–H and O–H groups in total. The van der Waals surface area contributed by atoms with Gasteiger partial charge in [-0.3, -0.25) is 4.79 Å². The Bertz CT molecular complexity index is 1060. The van der Waals surface area contributed by atoms with Crippen LogP contribution in [0.4, 0.5) is 5.69 Å². The highest BCUT2D eigenvalue weighted by Gasteiger charge is 2.19. The first-order valence-corrected chi connectivity index (χ1v) is 9.78. The monoisotopic (exact) mass is 390 g/mol. The van der Waals surface area contributed by atoms with Gasteiger partial charge in [-0.2, -0.15) is 4.98 Å². The number of hydrogen-bond donors (Lipinski definition) is 0. The molecule has 0 saturated heterocycles. The molecule has 1 aliphatic rings. The molecule has 29 heavy (non-hydrogen) atoms. The molecule has 0 fully saturated rings. The zero-order chi connectivity index (χ0) is 20.8. The lowest BCUT2D eigenvalue weighted by atomic mass is 10.00. The van der Waals surface area contributed by atoms with E-state index < -0.39 is 0 Å². The van der Waals surface area contributed by atoms with Crippen molar-refractivity contribution in [3.63, 3.8) is 0 Å². The number of allylic oxidation sites excluding steroid dienone is 4.